The molecule has 0 radical (unpaired) electrons. The summed E-state index contributed by atoms with van der Waals surface area (Å²) in [6.07, 6.45) is 0. The molecular formula is C14H11BrN4O. The van der Waals surface area contributed by atoms with E-state index in [1.807, 2.05) is 24.3 Å². The quantitative estimate of drug-likeness (QED) is 0.670. The van der Waals surface area contributed by atoms with Crippen LogP contribution in [-0.4, -0.2) is 15.1 Å². The Morgan fingerprint density at radius 2 is 1.95 bits per heavy atom. The number of nitrogens with zero attached hydrogens (tertiary/aromatic N) is 2. The topological polar surface area (TPSA) is 84.1 Å². The van der Waals surface area contributed by atoms with E-state index < -0.39 is 0 Å². The van der Waals surface area contributed by atoms with Gasteiger partial charge < -0.3 is 16.2 Å². The van der Waals surface area contributed by atoms with Gasteiger partial charge in [0.2, 0.25) is 5.95 Å². The monoisotopic (exact) mass is 330 g/mol. The Hall–Kier alpha value is -2.34. The first kappa shape index (κ1) is 12.7. The maximum absolute atomic E-state index is 9.51. The molecule has 4 N–H and O–H groups in total. The van der Waals surface area contributed by atoms with Gasteiger partial charge in [0, 0.05) is 21.6 Å². The number of nitrogen functional groups attached to an aromatic ring is 1. The van der Waals surface area contributed by atoms with Gasteiger partial charge in [-0.3, -0.25) is 0 Å². The van der Waals surface area contributed by atoms with E-state index in [0.717, 1.165) is 15.5 Å². The lowest BCUT2D eigenvalue weighted by molar-refractivity contribution is 0.476. The Balaban J connectivity index is 2.11. The lowest BCUT2D eigenvalue weighted by Crippen LogP contribution is -2.01. The predicted molar refractivity (Wildman–Crippen MR) is 83.0 cm³/mol. The van der Waals surface area contributed by atoms with E-state index in [1.54, 1.807) is 18.2 Å². The summed E-state index contributed by atoms with van der Waals surface area (Å²) < 4.78 is 0.964. The molecule has 0 aliphatic heterocycles. The lowest BCUT2D eigenvalue weighted by Gasteiger charge is -2.10. The van der Waals surface area contributed by atoms with Crippen molar-refractivity contribution < 1.29 is 5.11 Å². The molecule has 3 aromatic rings. The Labute approximate surface area is 123 Å². The number of anilines is 3. The van der Waals surface area contributed by atoms with Gasteiger partial charge in [0.05, 0.1) is 5.52 Å². The molecule has 1 aromatic heterocycles. The van der Waals surface area contributed by atoms with Crippen LogP contribution in [0, 0.1) is 0 Å². The highest BCUT2D eigenvalue weighted by atomic mass is 79.9. The van der Waals surface area contributed by atoms with E-state index in [0.29, 0.717) is 11.3 Å². The van der Waals surface area contributed by atoms with E-state index in [2.05, 4.69) is 31.2 Å². The fourth-order valence-corrected chi connectivity index (χ4v) is 2.33. The fraction of sp³-hybridized carbons (Fsp3) is 0. The van der Waals surface area contributed by atoms with E-state index >= 15 is 0 Å². The summed E-state index contributed by atoms with van der Waals surface area (Å²) in [4.78, 5) is 8.33. The summed E-state index contributed by atoms with van der Waals surface area (Å²) in [5, 5.41) is 13.5. The molecule has 0 atom stereocenters. The molecule has 0 aliphatic carbocycles. The molecule has 6 heteroatoms. The first-order valence-corrected chi connectivity index (χ1v) is 6.70. The first-order chi connectivity index (χ1) is 9.61. The van der Waals surface area contributed by atoms with Gasteiger partial charge in [0.1, 0.15) is 11.6 Å². The van der Waals surface area contributed by atoms with Gasteiger partial charge in [-0.1, -0.05) is 22.0 Å². The number of halogens is 1. The molecular weight excluding hydrogens is 320 g/mol. The Morgan fingerprint density at radius 1 is 1.10 bits per heavy atom. The van der Waals surface area contributed by atoms with Gasteiger partial charge in [-0.25, -0.2) is 4.98 Å². The number of fused-ring (bicyclic) bond motifs is 1. The van der Waals surface area contributed by atoms with E-state index in [4.69, 9.17) is 5.73 Å². The molecule has 0 saturated heterocycles. The molecule has 0 unspecified atom stereocenters. The van der Waals surface area contributed by atoms with Gasteiger partial charge >= 0.3 is 0 Å². The molecule has 1 heterocycles. The minimum absolute atomic E-state index is 0.143. The van der Waals surface area contributed by atoms with Gasteiger partial charge in [0.15, 0.2) is 0 Å². The smallest absolute Gasteiger partial charge is 0.222 e. The molecule has 2 aromatic carbocycles. The Bertz CT molecular complexity index is 786. The van der Waals surface area contributed by atoms with Gasteiger partial charge in [-0.15, -0.1) is 0 Å². The minimum Gasteiger partial charge on any atom is -0.508 e. The van der Waals surface area contributed by atoms with Crippen molar-refractivity contribution >= 4 is 44.3 Å². The average Bonchev–Trinajstić information content (AvgIpc) is 2.37. The summed E-state index contributed by atoms with van der Waals surface area (Å²) in [7, 11) is 0. The van der Waals surface area contributed by atoms with Crippen molar-refractivity contribution in [2.75, 3.05) is 11.1 Å². The van der Waals surface area contributed by atoms with Crippen molar-refractivity contribution in [2.24, 2.45) is 0 Å². The van der Waals surface area contributed by atoms with Gasteiger partial charge in [0.25, 0.3) is 0 Å². The SMILES string of the molecule is Nc1nc(Nc2cccc(Br)c2)c2ccc(O)cc2n1. The van der Waals surface area contributed by atoms with Crippen LogP contribution >= 0.6 is 15.9 Å². The van der Waals surface area contributed by atoms with Gasteiger partial charge in [-0.05, 0) is 30.3 Å². The number of aromatic nitrogens is 2. The maximum Gasteiger partial charge on any atom is 0.222 e. The van der Waals surface area contributed by atoms with Crippen molar-refractivity contribution in [3.05, 3.63) is 46.9 Å². The number of phenols is 1. The van der Waals surface area contributed by atoms with Crippen LogP contribution in [0.25, 0.3) is 10.9 Å². The van der Waals surface area contributed by atoms with Crippen LogP contribution in [0.3, 0.4) is 0 Å². The molecule has 0 fully saturated rings. The van der Waals surface area contributed by atoms with Gasteiger partial charge in [-0.2, -0.15) is 4.98 Å². The minimum atomic E-state index is 0.143. The predicted octanol–water partition coefficient (Wildman–Crippen LogP) is 3.42. The normalized spacial score (nSPS) is 10.7. The van der Waals surface area contributed by atoms with Crippen molar-refractivity contribution in [3.8, 4) is 5.75 Å². The summed E-state index contributed by atoms with van der Waals surface area (Å²) in [6, 6.07) is 12.6. The summed E-state index contributed by atoms with van der Waals surface area (Å²) in [5.74, 6) is 0.898. The number of nitrogens with one attached hydrogen (secondary N) is 1. The molecule has 0 spiro atoms. The van der Waals surface area contributed by atoms with Crippen LogP contribution in [0.1, 0.15) is 0 Å². The lowest BCUT2D eigenvalue weighted by atomic mass is 10.2. The highest BCUT2D eigenvalue weighted by Gasteiger charge is 2.07. The second kappa shape index (κ2) is 4.97. The molecule has 3 rings (SSSR count). The third-order valence-corrected chi connectivity index (χ3v) is 3.28. The first-order valence-electron chi connectivity index (χ1n) is 5.91. The zero-order valence-corrected chi connectivity index (χ0v) is 11.9. The zero-order chi connectivity index (χ0) is 14.1. The van der Waals surface area contributed by atoms with Crippen LogP contribution in [0.15, 0.2) is 46.9 Å². The highest BCUT2D eigenvalue weighted by molar-refractivity contribution is 9.10. The molecule has 0 bridgehead atoms. The average molecular weight is 331 g/mol. The third-order valence-electron chi connectivity index (χ3n) is 2.79. The van der Waals surface area contributed by atoms with Crippen LogP contribution in [0.4, 0.5) is 17.5 Å². The standard InChI is InChI=1S/C14H11BrN4O/c15-8-2-1-3-9(6-8)17-13-11-5-4-10(20)7-12(11)18-14(16)19-13/h1-7,20H,(H3,16,17,18,19). The second-order valence-electron chi connectivity index (χ2n) is 4.27. The number of nitrogens with two attached hydrogens (primary N) is 1. The van der Waals surface area contributed by atoms with Crippen molar-refractivity contribution in [1.29, 1.82) is 0 Å². The molecule has 20 heavy (non-hydrogen) atoms. The van der Waals surface area contributed by atoms with Crippen molar-refractivity contribution in [1.82, 2.24) is 9.97 Å². The third kappa shape index (κ3) is 2.50. The number of hydrogen-bond acceptors (Lipinski definition) is 5. The molecule has 5 nitrogen and oxygen atoms in total. The Kier molecular flexibility index (Phi) is 3.15. The van der Waals surface area contributed by atoms with Crippen LogP contribution in [0.5, 0.6) is 5.75 Å². The van der Waals surface area contributed by atoms with Crippen LogP contribution in [0.2, 0.25) is 0 Å². The maximum atomic E-state index is 9.51. The number of benzene rings is 2. The molecule has 0 aliphatic rings. The molecule has 0 saturated carbocycles. The number of aromatic hydroxyl groups is 1. The van der Waals surface area contributed by atoms with E-state index in [-0.39, 0.29) is 11.7 Å². The highest BCUT2D eigenvalue weighted by Crippen LogP contribution is 2.27. The zero-order valence-electron chi connectivity index (χ0n) is 10.3. The molecule has 0 amide bonds. The van der Waals surface area contributed by atoms with Crippen LogP contribution < -0.4 is 11.1 Å². The summed E-state index contributed by atoms with van der Waals surface area (Å²) >= 11 is 3.42. The number of hydrogen-bond donors (Lipinski definition) is 3. The largest absolute Gasteiger partial charge is 0.508 e. The fourth-order valence-electron chi connectivity index (χ4n) is 1.93. The summed E-state index contributed by atoms with van der Waals surface area (Å²) in [5.41, 5.74) is 7.18. The summed E-state index contributed by atoms with van der Waals surface area (Å²) in [6.45, 7) is 0. The number of phenolic OH excluding ortho intramolecular Hbond substituents is 1. The van der Waals surface area contributed by atoms with Crippen molar-refractivity contribution in [2.45, 2.75) is 0 Å². The molecule has 100 valence electrons. The van der Waals surface area contributed by atoms with Crippen LogP contribution in [-0.2, 0) is 0 Å². The van der Waals surface area contributed by atoms with E-state index in [9.17, 15) is 5.11 Å². The number of rotatable bonds is 2. The van der Waals surface area contributed by atoms with E-state index in [1.165, 1.54) is 0 Å². The second-order valence-corrected chi connectivity index (χ2v) is 5.18. The van der Waals surface area contributed by atoms with Crippen molar-refractivity contribution in [3.63, 3.8) is 0 Å². The Morgan fingerprint density at radius 3 is 2.75 bits per heavy atom.